The molecule has 0 saturated carbocycles. The third-order valence-corrected chi connectivity index (χ3v) is 2.40. The Bertz CT molecular complexity index is 446. The van der Waals surface area contributed by atoms with Gasteiger partial charge < -0.3 is 19.0 Å². The summed E-state index contributed by atoms with van der Waals surface area (Å²) in [7, 11) is 0. The van der Waals surface area contributed by atoms with Gasteiger partial charge in [0.2, 0.25) is 11.7 Å². The smallest absolute Gasteiger partial charge is 0.246 e. The number of hydrogen-bond donors (Lipinski definition) is 1. The fourth-order valence-corrected chi connectivity index (χ4v) is 1.61. The summed E-state index contributed by atoms with van der Waals surface area (Å²) >= 11 is 0. The van der Waals surface area contributed by atoms with Gasteiger partial charge in [-0.1, -0.05) is 5.16 Å². The summed E-state index contributed by atoms with van der Waals surface area (Å²) < 4.78 is 15.7. The molecule has 0 spiro atoms. The number of morpholine rings is 1. The maximum Gasteiger partial charge on any atom is 0.246 e. The zero-order valence-electron chi connectivity index (χ0n) is 8.55. The molecule has 1 atom stereocenters. The molecule has 2 aromatic rings. The van der Waals surface area contributed by atoms with Gasteiger partial charge in [0.05, 0.1) is 19.5 Å². The van der Waals surface area contributed by atoms with Crippen molar-refractivity contribution in [2.75, 3.05) is 19.8 Å². The number of ether oxygens (including phenoxy) is 1. The molecular formula is C10H11N3O3. The number of aromatic nitrogens is 2. The number of rotatable bonds is 2. The molecule has 0 radical (unpaired) electrons. The van der Waals surface area contributed by atoms with E-state index >= 15 is 0 Å². The molecule has 1 unspecified atom stereocenters. The average molecular weight is 221 g/mol. The summed E-state index contributed by atoms with van der Waals surface area (Å²) in [6, 6.07) is 3.55. The first-order chi connectivity index (χ1) is 7.93. The van der Waals surface area contributed by atoms with Crippen LogP contribution in [0.5, 0.6) is 0 Å². The lowest BCUT2D eigenvalue weighted by Gasteiger charge is -2.20. The Kier molecular flexibility index (Phi) is 2.43. The molecule has 6 nitrogen and oxygen atoms in total. The first-order valence-corrected chi connectivity index (χ1v) is 5.12. The molecule has 1 N–H and O–H groups in total. The van der Waals surface area contributed by atoms with Gasteiger partial charge in [0, 0.05) is 6.54 Å². The van der Waals surface area contributed by atoms with E-state index in [0.29, 0.717) is 24.1 Å². The van der Waals surface area contributed by atoms with Crippen molar-refractivity contribution in [3.05, 3.63) is 24.3 Å². The minimum absolute atomic E-state index is 0.0232. The largest absolute Gasteiger partial charge is 0.461 e. The van der Waals surface area contributed by atoms with E-state index in [2.05, 4.69) is 15.5 Å². The van der Waals surface area contributed by atoms with Gasteiger partial charge in [-0.25, -0.2) is 0 Å². The number of hydrogen-bond acceptors (Lipinski definition) is 6. The van der Waals surface area contributed by atoms with E-state index in [0.717, 1.165) is 13.2 Å². The number of nitrogens with one attached hydrogen (secondary N) is 1. The van der Waals surface area contributed by atoms with Gasteiger partial charge in [-0.15, -0.1) is 0 Å². The molecule has 2 aromatic heterocycles. The van der Waals surface area contributed by atoms with Gasteiger partial charge >= 0.3 is 0 Å². The molecule has 0 aliphatic carbocycles. The second-order valence-electron chi connectivity index (χ2n) is 3.52. The van der Waals surface area contributed by atoms with Crippen molar-refractivity contribution in [2.24, 2.45) is 0 Å². The van der Waals surface area contributed by atoms with Crippen LogP contribution in [0.1, 0.15) is 11.9 Å². The molecule has 0 aromatic carbocycles. The van der Waals surface area contributed by atoms with Crippen LogP contribution in [0, 0.1) is 0 Å². The summed E-state index contributed by atoms with van der Waals surface area (Å²) in [5.74, 6) is 1.60. The van der Waals surface area contributed by atoms with E-state index in [1.165, 1.54) is 0 Å². The molecule has 1 saturated heterocycles. The fraction of sp³-hybridized carbons (Fsp3) is 0.400. The van der Waals surface area contributed by atoms with E-state index in [1.54, 1.807) is 18.4 Å². The normalized spacial score (nSPS) is 21.1. The van der Waals surface area contributed by atoms with Crippen molar-refractivity contribution in [3.63, 3.8) is 0 Å². The highest BCUT2D eigenvalue weighted by Gasteiger charge is 2.22. The van der Waals surface area contributed by atoms with Crippen molar-refractivity contribution in [3.8, 4) is 11.6 Å². The third-order valence-electron chi connectivity index (χ3n) is 2.40. The summed E-state index contributed by atoms with van der Waals surface area (Å²) in [5.41, 5.74) is 0. The summed E-state index contributed by atoms with van der Waals surface area (Å²) in [5, 5.41) is 7.10. The highest BCUT2D eigenvalue weighted by atomic mass is 16.5. The Labute approximate surface area is 91.6 Å². The van der Waals surface area contributed by atoms with Crippen molar-refractivity contribution in [2.45, 2.75) is 6.04 Å². The van der Waals surface area contributed by atoms with Crippen molar-refractivity contribution in [1.82, 2.24) is 15.5 Å². The monoisotopic (exact) mass is 221 g/mol. The lowest BCUT2D eigenvalue weighted by atomic mass is 10.3. The van der Waals surface area contributed by atoms with Crippen LogP contribution in [0.25, 0.3) is 11.6 Å². The molecular weight excluding hydrogens is 210 g/mol. The highest BCUT2D eigenvalue weighted by molar-refractivity contribution is 5.44. The maximum atomic E-state index is 5.32. The van der Waals surface area contributed by atoms with Crippen LogP contribution >= 0.6 is 0 Å². The standard InChI is InChI=1S/C10H11N3O3/c1-2-8(15-4-1)9-12-10(16-13-9)7-6-14-5-3-11-7/h1-2,4,7,11H,3,5-6H2. The predicted octanol–water partition coefficient (Wildman–Crippen LogP) is 0.990. The van der Waals surface area contributed by atoms with Crippen LogP contribution in [0.15, 0.2) is 27.3 Å². The Balaban J connectivity index is 1.82. The van der Waals surface area contributed by atoms with Crippen LogP contribution in [0.4, 0.5) is 0 Å². The first-order valence-electron chi connectivity index (χ1n) is 5.12. The SMILES string of the molecule is c1coc(-c2noc(C3COCCN3)n2)c1. The Morgan fingerprint density at radius 2 is 2.44 bits per heavy atom. The van der Waals surface area contributed by atoms with E-state index < -0.39 is 0 Å². The van der Waals surface area contributed by atoms with Crippen molar-refractivity contribution >= 4 is 0 Å². The summed E-state index contributed by atoms with van der Waals surface area (Å²) in [6.45, 7) is 2.07. The van der Waals surface area contributed by atoms with E-state index in [1.807, 2.05) is 0 Å². The average Bonchev–Trinajstić information content (AvgIpc) is 3.01. The molecule has 1 aliphatic heterocycles. The predicted molar refractivity (Wildman–Crippen MR) is 53.6 cm³/mol. The highest BCUT2D eigenvalue weighted by Crippen LogP contribution is 2.19. The van der Waals surface area contributed by atoms with Crippen LogP contribution in [-0.2, 0) is 4.74 Å². The maximum absolute atomic E-state index is 5.32. The van der Waals surface area contributed by atoms with Gasteiger partial charge in [0.1, 0.15) is 6.04 Å². The minimum atomic E-state index is -0.0232. The van der Waals surface area contributed by atoms with E-state index in [-0.39, 0.29) is 6.04 Å². The quantitative estimate of drug-likeness (QED) is 0.815. The molecule has 16 heavy (non-hydrogen) atoms. The van der Waals surface area contributed by atoms with Gasteiger partial charge in [-0.3, -0.25) is 0 Å². The van der Waals surface area contributed by atoms with Gasteiger partial charge in [-0.05, 0) is 12.1 Å². The Morgan fingerprint density at radius 1 is 1.44 bits per heavy atom. The first kappa shape index (κ1) is 9.56. The zero-order chi connectivity index (χ0) is 10.8. The topological polar surface area (TPSA) is 73.3 Å². The molecule has 84 valence electrons. The molecule has 1 aliphatic rings. The fourth-order valence-electron chi connectivity index (χ4n) is 1.61. The van der Waals surface area contributed by atoms with Crippen molar-refractivity contribution < 1.29 is 13.7 Å². The zero-order valence-corrected chi connectivity index (χ0v) is 8.55. The number of nitrogens with zero attached hydrogens (tertiary/aromatic N) is 2. The summed E-state index contributed by atoms with van der Waals surface area (Å²) in [4.78, 5) is 4.26. The van der Waals surface area contributed by atoms with E-state index in [4.69, 9.17) is 13.7 Å². The van der Waals surface area contributed by atoms with Gasteiger partial charge in [0.25, 0.3) is 0 Å². The van der Waals surface area contributed by atoms with Crippen LogP contribution in [0.3, 0.4) is 0 Å². The second kappa shape index (κ2) is 4.07. The molecule has 3 rings (SSSR count). The third kappa shape index (κ3) is 1.72. The minimum Gasteiger partial charge on any atom is -0.461 e. The molecule has 3 heterocycles. The Hall–Kier alpha value is -1.66. The molecule has 6 heteroatoms. The Morgan fingerprint density at radius 3 is 3.19 bits per heavy atom. The molecule has 0 amide bonds. The van der Waals surface area contributed by atoms with Crippen molar-refractivity contribution in [1.29, 1.82) is 0 Å². The summed E-state index contributed by atoms with van der Waals surface area (Å²) in [6.07, 6.45) is 1.58. The van der Waals surface area contributed by atoms with Gasteiger partial charge in [-0.2, -0.15) is 4.98 Å². The van der Waals surface area contributed by atoms with Gasteiger partial charge in [0.15, 0.2) is 5.76 Å². The number of furan rings is 1. The molecule has 1 fully saturated rings. The second-order valence-corrected chi connectivity index (χ2v) is 3.52. The van der Waals surface area contributed by atoms with Crippen LogP contribution < -0.4 is 5.32 Å². The van der Waals surface area contributed by atoms with Crippen LogP contribution in [-0.4, -0.2) is 29.9 Å². The van der Waals surface area contributed by atoms with E-state index in [9.17, 15) is 0 Å². The van der Waals surface area contributed by atoms with Crippen LogP contribution in [0.2, 0.25) is 0 Å². The molecule has 0 bridgehead atoms. The lowest BCUT2D eigenvalue weighted by Crippen LogP contribution is -2.34. The lowest BCUT2D eigenvalue weighted by molar-refractivity contribution is 0.0659.